The van der Waals surface area contributed by atoms with Gasteiger partial charge in [-0.25, -0.2) is 9.31 Å². The number of nitrogens with zero attached hydrogens (tertiary/aromatic N) is 3. The second-order valence-electron chi connectivity index (χ2n) is 8.29. The number of ether oxygens (including phenoxy) is 1. The van der Waals surface area contributed by atoms with E-state index in [1.165, 1.54) is 11.1 Å². The van der Waals surface area contributed by atoms with Gasteiger partial charge >= 0.3 is 6.09 Å². The van der Waals surface area contributed by atoms with Crippen LogP contribution in [-0.4, -0.2) is 46.3 Å². The van der Waals surface area contributed by atoms with E-state index in [4.69, 9.17) is 16.2 Å². The van der Waals surface area contributed by atoms with Gasteiger partial charge in [0.25, 0.3) is 5.91 Å². The van der Waals surface area contributed by atoms with Gasteiger partial charge in [-0.05, 0) is 18.9 Å². The second-order valence-corrected chi connectivity index (χ2v) is 8.29. The van der Waals surface area contributed by atoms with Crippen LogP contribution in [0.3, 0.4) is 0 Å². The van der Waals surface area contributed by atoms with Crippen molar-refractivity contribution in [3.05, 3.63) is 36.7 Å². The fourth-order valence-corrected chi connectivity index (χ4v) is 4.34. The van der Waals surface area contributed by atoms with E-state index in [1.54, 1.807) is 22.9 Å². The molecule has 2 amide bonds. The summed E-state index contributed by atoms with van der Waals surface area (Å²) in [4.78, 5) is 25.6. The van der Waals surface area contributed by atoms with Crippen molar-refractivity contribution in [2.75, 3.05) is 23.4 Å². The van der Waals surface area contributed by atoms with Gasteiger partial charge in [-0.15, -0.1) is 6.58 Å². The summed E-state index contributed by atoms with van der Waals surface area (Å²) in [6.07, 6.45) is 6.17. The summed E-state index contributed by atoms with van der Waals surface area (Å²) in [6.45, 7) is 8.89. The molecular weight excluding hydrogens is 372 g/mol. The van der Waals surface area contributed by atoms with E-state index < -0.39 is 17.5 Å². The van der Waals surface area contributed by atoms with Gasteiger partial charge in [0.05, 0.1) is 41.4 Å². The number of rotatable bonds is 5. The van der Waals surface area contributed by atoms with Gasteiger partial charge in [0.1, 0.15) is 6.61 Å². The predicted molar refractivity (Wildman–Crippen MR) is 110 cm³/mol. The lowest BCUT2D eigenvalue weighted by Gasteiger charge is -2.40. The van der Waals surface area contributed by atoms with Crippen LogP contribution >= 0.6 is 0 Å². The molecule has 1 saturated heterocycles. The third kappa shape index (κ3) is 2.84. The molecule has 2 aromatic rings. The molecule has 4 rings (SSSR count). The highest BCUT2D eigenvalue weighted by atomic mass is 16.6. The summed E-state index contributed by atoms with van der Waals surface area (Å²) in [5, 5.41) is 7.80. The average Bonchev–Trinajstić information content (AvgIpc) is 3.34. The lowest BCUT2D eigenvalue weighted by Crippen LogP contribution is -2.52. The van der Waals surface area contributed by atoms with Crippen LogP contribution in [0.2, 0.25) is 0 Å². The Labute approximate surface area is 168 Å². The average molecular weight is 398 g/mol. The van der Waals surface area contributed by atoms with Crippen molar-refractivity contribution in [1.82, 2.24) is 9.61 Å². The first-order valence-corrected chi connectivity index (χ1v) is 9.62. The van der Waals surface area contributed by atoms with Crippen LogP contribution < -0.4 is 21.7 Å². The van der Waals surface area contributed by atoms with Crippen LogP contribution in [0.5, 0.6) is 0 Å². The molecule has 1 aliphatic heterocycles. The number of carbonyl (C=O) groups excluding carboxylic acids is 2. The van der Waals surface area contributed by atoms with E-state index in [2.05, 4.69) is 30.8 Å². The minimum Gasteiger partial charge on any atom is -0.447 e. The molecule has 0 radical (unpaired) electrons. The smallest absolute Gasteiger partial charge is 0.414 e. The highest BCUT2D eigenvalue weighted by molar-refractivity contribution is 6.02. The number of carbonyl (C=O) groups is 2. The van der Waals surface area contributed by atoms with Crippen LogP contribution in [0, 0.1) is 5.41 Å². The first-order valence-electron chi connectivity index (χ1n) is 9.62. The molecule has 3 heterocycles. The molecule has 2 unspecified atom stereocenters. The number of amides is 2. The first-order chi connectivity index (χ1) is 13.7. The Bertz CT molecular complexity index is 1010. The Morgan fingerprint density at radius 1 is 1.48 bits per heavy atom. The predicted octanol–water partition coefficient (Wildman–Crippen LogP) is 1.87. The summed E-state index contributed by atoms with van der Waals surface area (Å²) in [6, 6.07) is 1.80. The van der Waals surface area contributed by atoms with E-state index in [0.717, 1.165) is 12.8 Å². The van der Waals surface area contributed by atoms with Crippen LogP contribution in [0.1, 0.15) is 37.0 Å². The van der Waals surface area contributed by atoms with Crippen LogP contribution in [0.25, 0.3) is 5.52 Å². The normalized spacial score (nSPS) is 26.0. The lowest BCUT2D eigenvalue weighted by atomic mass is 9.73. The molecule has 0 aromatic carbocycles. The zero-order valence-electron chi connectivity index (χ0n) is 16.6. The quantitative estimate of drug-likeness (QED) is 0.660. The second kappa shape index (κ2) is 6.48. The van der Waals surface area contributed by atoms with Gasteiger partial charge in [-0.3, -0.25) is 9.69 Å². The van der Waals surface area contributed by atoms with Crippen molar-refractivity contribution in [3.8, 4) is 0 Å². The molecule has 2 aromatic heterocycles. The van der Waals surface area contributed by atoms with Crippen molar-refractivity contribution in [1.29, 1.82) is 0 Å². The van der Waals surface area contributed by atoms with Crippen LogP contribution in [0.15, 0.2) is 31.1 Å². The van der Waals surface area contributed by atoms with E-state index in [1.807, 2.05) is 0 Å². The zero-order chi connectivity index (χ0) is 21.0. The maximum Gasteiger partial charge on any atom is 0.414 e. The van der Waals surface area contributed by atoms with E-state index >= 15 is 0 Å². The Morgan fingerprint density at radius 3 is 2.83 bits per heavy atom. The van der Waals surface area contributed by atoms with Crippen molar-refractivity contribution in [2.24, 2.45) is 16.9 Å². The molecule has 2 aliphatic rings. The monoisotopic (exact) mass is 398 g/mol. The minimum absolute atomic E-state index is 0.00935. The van der Waals surface area contributed by atoms with Crippen LogP contribution in [-0.2, 0) is 4.74 Å². The largest absolute Gasteiger partial charge is 0.447 e. The number of hydrogen-bond acceptors (Lipinski definition) is 6. The molecule has 1 aliphatic carbocycles. The summed E-state index contributed by atoms with van der Waals surface area (Å²) >= 11 is 0. The van der Waals surface area contributed by atoms with Crippen molar-refractivity contribution in [2.45, 2.75) is 38.3 Å². The van der Waals surface area contributed by atoms with Crippen molar-refractivity contribution in [3.63, 3.8) is 0 Å². The van der Waals surface area contributed by atoms with Crippen LogP contribution in [0.4, 0.5) is 16.2 Å². The molecule has 29 heavy (non-hydrogen) atoms. The van der Waals surface area contributed by atoms with Gasteiger partial charge in [0.15, 0.2) is 0 Å². The van der Waals surface area contributed by atoms with Gasteiger partial charge in [-0.1, -0.05) is 19.9 Å². The Balaban J connectivity index is 1.79. The Morgan fingerprint density at radius 2 is 2.24 bits per heavy atom. The maximum atomic E-state index is 12.1. The topological polar surface area (TPSA) is 128 Å². The minimum atomic E-state index is -0.579. The third-order valence-electron chi connectivity index (χ3n) is 6.56. The molecule has 5 N–H and O–H groups in total. The number of nitrogens with one attached hydrogen (secondary N) is 1. The molecule has 1 saturated carbocycles. The number of aromatic nitrogens is 2. The zero-order valence-corrected chi connectivity index (χ0v) is 16.6. The van der Waals surface area contributed by atoms with E-state index in [-0.39, 0.29) is 17.0 Å². The summed E-state index contributed by atoms with van der Waals surface area (Å²) in [5.41, 5.74) is 13.5. The molecule has 0 spiro atoms. The summed E-state index contributed by atoms with van der Waals surface area (Å²) < 4.78 is 6.65. The molecule has 0 bridgehead atoms. The molecule has 2 atom stereocenters. The number of cyclic esters (lactones) is 1. The number of fused-ring (bicyclic) bond motifs is 1. The molecule has 9 heteroatoms. The standard InChI is InChI=1S/C20H26N6O3/c1-4-20(22)6-5-15(19(20,2)3)24-16-13(17(21)27)10-23-26-11-12(9-14(16)26)25-7-8-29-18(25)28/h4,9-11,15,24H,1,5-8,22H2,2-3H3,(H2,21,27). The summed E-state index contributed by atoms with van der Waals surface area (Å²) in [7, 11) is 0. The van der Waals surface area contributed by atoms with Gasteiger partial charge in [0.2, 0.25) is 0 Å². The van der Waals surface area contributed by atoms with E-state index in [0.29, 0.717) is 30.0 Å². The SMILES string of the molecule is C=CC1(N)CCC(Nc2c(C(N)=O)cnn3cc(N4CCOC4=O)cc23)C1(C)C. The highest BCUT2D eigenvalue weighted by Crippen LogP contribution is 2.47. The molecule has 2 fully saturated rings. The molecule has 9 nitrogen and oxygen atoms in total. The van der Waals surface area contributed by atoms with Gasteiger partial charge < -0.3 is 21.5 Å². The fourth-order valence-electron chi connectivity index (χ4n) is 4.34. The molecular formula is C20H26N6O3. The van der Waals surface area contributed by atoms with Crippen molar-refractivity contribution >= 4 is 28.9 Å². The maximum absolute atomic E-state index is 12.1. The number of primary amides is 1. The molecule has 154 valence electrons. The summed E-state index contributed by atoms with van der Waals surface area (Å²) in [5.74, 6) is -0.579. The Kier molecular flexibility index (Phi) is 4.30. The number of nitrogens with two attached hydrogens (primary N) is 2. The Hall–Kier alpha value is -3.07. The van der Waals surface area contributed by atoms with E-state index in [9.17, 15) is 9.59 Å². The third-order valence-corrected chi connectivity index (χ3v) is 6.56. The fraction of sp³-hybridized carbons (Fsp3) is 0.450. The number of hydrogen-bond donors (Lipinski definition) is 3. The van der Waals surface area contributed by atoms with Gasteiger partial charge in [0, 0.05) is 17.0 Å². The number of anilines is 2. The first kappa shape index (κ1) is 19.3. The lowest BCUT2D eigenvalue weighted by molar-refractivity contribution is 0.100. The highest BCUT2D eigenvalue weighted by Gasteiger charge is 2.50. The van der Waals surface area contributed by atoms with Gasteiger partial charge in [-0.2, -0.15) is 5.10 Å². The van der Waals surface area contributed by atoms with Crippen molar-refractivity contribution < 1.29 is 14.3 Å².